The molecule has 2 saturated heterocycles. The zero-order chi connectivity index (χ0) is 77.8. The second-order valence-corrected chi connectivity index (χ2v) is 30.2. The maximum Gasteiger partial charge on any atom is 0.410 e. The van der Waals surface area contributed by atoms with Gasteiger partial charge in [-0.25, -0.2) is 14.6 Å². The van der Waals surface area contributed by atoms with Crippen molar-refractivity contribution in [2.75, 3.05) is 78.2 Å². The summed E-state index contributed by atoms with van der Waals surface area (Å²) in [7, 11) is 6.25. The Morgan fingerprint density at radius 2 is 1.40 bits per heavy atom. The van der Waals surface area contributed by atoms with E-state index in [1.807, 2.05) is 84.2 Å². The van der Waals surface area contributed by atoms with Gasteiger partial charge in [-0.1, -0.05) is 124 Å². The van der Waals surface area contributed by atoms with Gasteiger partial charge in [0, 0.05) is 95.5 Å². The third kappa shape index (κ3) is 25.9. The number of likely N-dealkylation sites (tertiary alicyclic amines) is 1. The summed E-state index contributed by atoms with van der Waals surface area (Å²) in [6.07, 6.45) is 4.17. The minimum Gasteiger partial charge on any atom is -0.445 e. The summed E-state index contributed by atoms with van der Waals surface area (Å²) in [5.41, 5.74) is 7.24. The van der Waals surface area contributed by atoms with Gasteiger partial charge in [-0.05, 0) is 91.2 Å². The van der Waals surface area contributed by atoms with E-state index in [9.17, 15) is 57.5 Å². The molecule has 11 atom stereocenters. The molecule has 2 aliphatic heterocycles. The monoisotopic (exact) mass is 1500 g/mol. The van der Waals surface area contributed by atoms with Gasteiger partial charge in [0.1, 0.15) is 11.6 Å². The topological polar surface area (TPSA) is 339 Å². The molecule has 29 heteroatoms. The summed E-state index contributed by atoms with van der Waals surface area (Å²) in [5.74, 6) is -7.19. The van der Waals surface area contributed by atoms with E-state index >= 15 is 0 Å². The summed E-state index contributed by atoms with van der Waals surface area (Å²) < 4.78 is 18.0. The molecule has 3 aromatic rings. The number of carbonyl (C=O) groups is 12. The molecular formula is C76H112N12O15S2. The van der Waals surface area contributed by atoms with Gasteiger partial charge in [0.05, 0.1) is 80.5 Å². The number of carbonyl (C=O) groups excluding carboxylic acids is 12. The zero-order valence-electron chi connectivity index (χ0n) is 63.4. The van der Waals surface area contributed by atoms with Gasteiger partial charge in [0.15, 0.2) is 11.6 Å². The number of likely N-dealkylation sites (N-methyl/N-ethyl adjacent to an activating group) is 2. The summed E-state index contributed by atoms with van der Waals surface area (Å²) in [5, 5.41) is 14.0. The Labute approximate surface area is 627 Å². The standard InChI is InChI=1S/C76H112N12O15S2/c1-16-50(10)69(61(101-14)41-66(95)88-35-23-27-58(88)70(102-15)51(11)71(96)81-57(73-78-34-37-105-73)38-52-24-20-19-21-25-52)83(12)74(98)56(47(4)5)40-60(90)68(49(8)9)84(13)76(100)103-42-53-28-30-55(31-29-53)80-72(97)54(26-22-33-79-75(77)99)39-59(89)67(48(6)7)82-62(91)43-104-36-32-65(94)87-45-85(63(92)17-2)44-86(46-87)64(93)18-3/h17-21,24-25,28-31,34,37,47-51,54,56-58,61,67-70H,2-3,16,22-23,26-27,32-33,35-36,38-46H2,1,4-15H3,(H,80,97)(H,81,96)(H,82,91)(H3,77,79,99)/t50?,51-,54-,56?,57+,58+,61-,67+,68+,69+,70-/m1/s1. The molecule has 0 aliphatic carbocycles. The van der Waals surface area contributed by atoms with Crippen molar-refractivity contribution in [3.63, 3.8) is 0 Å². The average Bonchev–Trinajstić information content (AvgIpc) is 1.80. The molecule has 6 N–H and O–H groups in total. The van der Waals surface area contributed by atoms with Crippen LogP contribution in [0.5, 0.6) is 0 Å². The van der Waals surface area contributed by atoms with Gasteiger partial charge in [0.25, 0.3) is 0 Å². The highest BCUT2D eigenvalue weighted by molar-refractivity contribution is 7.99. The molecule has 2 aliphatic rings. The fourth-order valence-electron chi connectivity index (χ4n) is 13.6. The molecule has 0 bridgehead atoms. The molecule has 2 fully saturated rings. The van der Waals surface area contributed by atoms with Crippen LogP contribution in [0.25, 0.3) is 0 Å². The molecule has 0 radical (unpaired) electrons. The highest BCUT2D eigenvalue weighted by Crippen LogP contribution is 2.33. The average molecular weight is 1500 g/mol. The van der Waals surface area contributed by atoms with Crippen LogP contribution in [0.15, 0.2) is 91.5 Å². The van der Waals surface area contributed by atoms with E-state index < -0.39 is 102 Å². The Hall–Kier alpha value is -8.54. The normalized spacial score (nSPS) is 16.7. The number of ketones is 2. The molecule has 2 aromatic carbocycles. The van der Waals surface area contributed by atoms with Crippen LogP contribution in [0, 0.1) is 41.4 Å². The number of rotatable bonds is 42. The number of thioether (sulfide) groups is 1. The van der Waals surface area contributed by atoms with Crippen LogP contribution in [0.2, 0.25) is 0 Å². The van der Waals surface area contributed by atoms with Gasteiger partial charge in [-0.15, -0.1) is 11.3 Å². The third-order valence-corrected chi connectivity index (χ3v) is 21.5. The molecule has 5 rings (SSSR count). The molecule has 0 saturated carbocycles. The molecule has 0 spiro atoms. The Balaban J connectivity index is 1.17. The van der Waals surface area contributed by atoms with Crippen molar-refractivity contribution >= 4 is 99.7 Å². The lowest BCUT2D eigenvalue weighted by molar-refractivity contribution is -0.154. The SMILES string of the molecule is C=CC(=O)N1CN(C(=O)C=C)CN(C(=O)CCSCC(=O)N[C@H](C(=O)C[C@@H](CCCNC(N)=O)C(=O)Nc2ccc(COC(=O)N(C)[C@H](C(=O)CC(C(=O)N(C)[C@@H](C(C)CC)[C@@H](CC(=O)N3CCC[C@H]3[C@H](OC)[C@@H](C)C(=O)N[C@@H](Cc3ccccc3)c3nccs3)OC)C(C)C)C(C)C)cc2)C(C)C)C1. The maximum atomic E-state index is 15.0. The number of benzene rings is 2. The van der Waals surface area contributed by atoms with Crippen molar-refractivity contribution in [1.82, 2.24) is 50.3 Å². The van der Waals surface area contributed by atoms with Crippen molar-refractivity contribution in [3.05, 3.63) is 108 Å². The number of primary amides is 1. The van der Waals surface area contributed by atoms with Crippen LogP contribution in [0.4, 0.5) is 15.3 Å². The third-order valence-electron chi connectivity index (χ3n) is 19.6. The molecule has 2 unspecified atom stereocenters. The second kappa shape index (κ2) is 43.2. The van der Waals surface area contributed by atoms with E-state index in [-0.39, 0.29) is 136 Å². The number of amides is 11. The number of methoxy groups -OCH3 is 2. The first-order valence-electron chi connectivity index (χ1n) is 36.1. The number of aromatic nitrogens is 1. The van der Waals surface area contributed by atoms with Crippen LogP contribution in [-0.4, -0.2) is 215 Å². The summed E-state index contributed by atoms with van der Waals surface area (Å²) in [6, 6.07) is 12.3. The van der Waals surface area contributed by atoms with Crippen molar-refractivity contribution in [2.24, 2.45) is 47.2 Å². The number of nitrogens with one attached hydrogen (secondary N) is 4. The summed E-state index contributed by atoms with van der Waals surface area (Å²) in [6.45, 7) is 23.9. The van der Waals surface area contributed by atoms with Crippen LogP contribution >= 0.6 is 23.1 Å². The highest BCUT2D eigenvalue weighted by Gasteiger charge is 2.44. The zero-order valence-corrected chi connectivity index (χ0v) is 65.0. The fraction of sp³-hybridized carbons (Fsp3) is 0.592. The van der Waals surface area contributed by atoms with Crippen LogP contribution in [0.1, 0.15) is 142 Å². The van der Waals surface area contributed by atoms with Crippen LogP contribution < -0.4 is 27.0 Å². The quantitative estimate of drug-likeness (QED) is 0.0265. The molecule has 105 heavy (non-hydrogen) atoms. The lowest BCUT2D eigenvalue weighted by Gasteiger charge is -2.41. The largest absolute Gasteiger partial charge is 0.445 e. The fourth-order valence-corrected chi connectivity index (χ4v) is 15.0. The van der Waals surface area contributed by atoms with E-state index in [1.54, 1.807) is 68.3 Å². The number of nitrogens with zero attached hydrogens (tertiary/aromatic N) is 7. The predicted molar refractivity (Wildman–Crippen MR) is 403 cm³/mol. The van der Waals surface area contributed by atoms with Crippen molar-refractivity contribution in [3.8, 4) is 0 Å². The minimum atomic E-state index is -0.982. The number of Topliss-reactive ketones (excluding diaryl/α,β-unsaturated/α-hetero) is 2. The Bertz CT molecular complexity index is 3390. The van der Waals surface area contributed by atoms with Crippen molar-refractivity contribution in [2.45, 2.75) is 176 Å². The summed E-state index contributed by atoms with van der Waals surface area (Å²) >= 11 is 2.63. The van der Waals surface area contributed by atoms with Crippen molar-refractivity contribution in [1.29, 1.82) is 0 Å². The Morgan fingerprint density at radius 3 is 1.96 bits per heavy atom. The number of thiazole rings is 1. The van der Waals surface area contributed by atoms with Crippen LogP contribution in [-0.2, 0) is 75.2 Å². The number of hydrogen-bond donors (Lipinski definition) is 5. The lowest BCUT2D eigenvalue weighted by Crippen LogP contribution is -2.59. The molecular weight excluding hydrogens is 1390 g/mol. The Morgan fingerprint density at radius 1 is 0.752 bits per heavy atom. The number of anilines is 1. The van der Waals surface area contributed by atoms with E-state index in [1.165, 1.54) is 45.1 Å². The van der Waals surface area contributed by atoms with E-state index in [2.05, 4.69) is 39.4 Å². The second-order valence-electron chi connectivity index (χ2n) is 28.2. The highest BCUT2D eigenvalue weighted by atomic mass is 32.2. The number of ether oxygens (including phenoxy) is 3. The number of nitrogens with two attached hydrogens (primary N) is 1. The first kappa shape index (κ1) is 87.1. The van der Waals surface area contributed by atoms with Gasteiger partial charge in [-0.3, -0.25) is 47.9 Å². The van der Waals surface area contributed by atoms with Crippen molar-refractivity contribution < 1.29 is 71.7 Å². The van der Waals surface area contributed by atoms with Gasteiger partial charge < -0.3 is 70.6 Å². The Kier molecular flexibility index (Phi) is 35.8. The van der Waals surface area contributed by atoms with E-state index in [0.717, 1.165) is 34.5 Å². The molecule has 11 amide bonds. The number of urea groups is 1. The molecule has 578 valence electrons. The van der Waals surface area contributed by atoms with E-state index in [4.69, 9.17) is 19.9 Å². The summed E-state index contributed by atoms with van der Waals surface area (Å²) in [4.78, 5) is 176. The first-order chi connectivity index (χ1) is 49.9. The molecule has 1 aromatic heterocycles. The maximum absolute atomic E-state index is 15.0. The minimum absolute atomic E-state index is 0.00956. The van der Waals surface area contributed by atoms with Crippen LogP contribution in [0.3, 0.4) is 0 Å². The van der Waals surface area contributed by atoms with Gasteiger partial charge in [0.2, 0.25) is 47.3 Å². The predicted octanol–water partition coefficient (Wildman–Crippen LogP) is 7.96. The van der Waals surface area contributed by atoms with Gasteiger partial charge in [-0.2, -0.15) is 11.8 Å². The molecule has 3 heterocycles. The first-order valence-corrected chi connectivity index (χ1v) is 38.1. The molecule has 27 nitrogen and oxygen atoms in total. The van der Waals surface area contributed by atoms with Gasteiger partial charge >= 0.3 is 12.1 Å². The smallest absolute Gasteiger partial charge is 0.410 e. The number of hydrogen-bond acceptors (Lipinski definition) is 18. The van der Waals surface area contributed by atoms with E-state index in [0.29, 0.717) is 43.5 Å². The lowest BCUT2D eigenvalue weighted by atomic mass is 9.83.